The summed E-state index contributed by atoms with van der Waals surface area (Å²) in [5, 5.41) is 21.9. The lowest BCUT2D eigenvalue weighted by Crippen LogP contribution is -2.36. The molecule has 2 aliphatic rings. The summed E-state index contributed by atoms with van der Waals surface area (Å²) in [5.74, 6) is 0.555. The molecule has 34 heavy (non-hydrogen) atoms. The van der Waals surface area contributed by atoms with E-state index in [0.717, 1.165) is 25.0 Å². The van der Waals surface area contributed by atoms with Crippen LogP contribution in [0.4, 0.5) is 4.79 Å². The van der Waals surface area contributed by atoms with Crippen molar-refractivity contribution in [3.63, 3.8) is 0 Å². The Kier molecular flexibility index (Phi) is 7.61. The number of phenols is 1. The van der Waals surface area contributed by atoms with Crippen molar-refractivity contribution in [1.82, 2.24) is 21.3 Å². The normalized spacial score (nSPS) is 21.1. The maximum absolute atomic E-state index is 12.3. The summed E-state index contributed by atoms with van der Waals surface area (Å²) < 4.78 is 5.07. The quantitative estimate of drug-likeness (QED) is 0.190. The first kappa shape index (κ1) is 23.9. The predicted octanol–water partition coefficient (Wildman–Crippen LogP) is 0.999. The first-order chi connectivity index (χ1) is 16.4. The number of phenolic OH excluding ortho intramolecular Hbond substituents is 1. The van der Waals surface area contributed by atoms with Gasteiger partial charge in [-0.3, -0.25) is 9.59 Å². The van der Waals surface area contributed by atoms with Crippen LogP contribution in [0, 0.1) is 0 Å². The molecule has 3 heterocycles. The molecule has 2 saturated heterocycles. The standard InChI is InChI=1S/C23H28N4O6S/c28-14-5-6-15-13(10-21(31)33-17(15)11-14)9-20(30)25-8-7-24-19(29)4-2-1-3-18-22-16(12-34-18)26-23(32)27-22/h5-6,10-11,16,18,22,28H,1-4,7-9,12H2,(H,24,29)(H,25,30)(H2,26,27,32). The topological polar surface area (TPSA) is 150 Å². The van der Waals surface area contributed by atoms with Gasteiger partial charge in [-0.15, -0.1) is 0 Å². The molecule has 2 fully saturated rings. The molecule has 0 spiro atoms. The van der Waals surface area contributed by atoms with Crippen LogP contribution < -0.4 is 26.9 Å². The van der Waals surface area contributed by atoms with Crippen LogP contribution in [0.15, 0.2) is 33.5 Å². The molecule has 0 bridgehead atoms. The summed E-state index contributed by atoms with van der Waals surface area (Å²) >= 11 is 1.87. The fraction of sp³-hybridized carbons (Fsp3) is 0.478. The van der Waals surface area contributed by atoms with Crippen LogP contribution in [-0.4, -0.2) is 59.1 Å². The van der Waals surface area contributed by atoms with E-state index in [1.54, 1.807) is 6.07 Å². The number of hydrogen-bond donors (Lipinski definition) is 5. The molecule has 182 valence electrons. The van der Waals surface area contributed by atoms with Gasteiger partial charge in [0, 0.05) is 48.0 Å². The van der Waals surface area contributed by atoms with Gasteiger partial charge >= 0.3 is 11.7 Å². The zero-order valence-electron chi connectivity index (χ0n) is 18.6. The third-order valence-corrected chi connectivity index (χ3v) is 7.52. The van der Waals surface area contributed by atoms with E-state index >= 15 is 0 Å². The van der Waals surface area contributed by atoms with E-state index in [-0.39, 0.29) is 54.2 Å². The maximum Gasteiger partial charge on any atom is 0.336 e. The van der Waals surface area contributed by atoms with Crippen LogP contribution in [-0.2, 0) is 16.0 Å². The first-order valence-corrected chi connectivity index (χ1v) is 12.4. The zero-order chi connectivity index (χ0) is 24.1. The van der Waals surface area contributed by atoms with Crippen molar-refractivity contribution >= 4 is 40.6 Å². The second kappa shape index (κ2) is 10.8. The summed E-state index contributed by atoms with van der Waals surface area (Å²) in [7, 11) is 0. The molecule has 11 heteroatoms. The molecule has 3 atom stereocenters. The van der Waals surface area contributed by atoms with E-state index in [1.807, 2.05) is 11.8 Å². The molecule has 1 aromatic heterocycles. The van der Waals surface area contributed by atoms with Gasteiger partial charge in [-0.2, -0.15) is 11.8 Å². The summed E-state index contributed by atoms with van der Waals surface area (Å²) in [6.45, 7) is 0.593. The van der Waals surface area contributed by atoms with Gasteiger partial charge in [0.2, 0.25) is 11.8 Å². The predicted molar refractivity (Wildman–Crippen MR) is 128 cm³/mol. The molecule has 0 radical (unpaired) electrons. The van der Waals surface area contributed by atoms with E-state index in [4.69, 9.17) is 4.42 Å². The van der Waals surface area contributed by atoms with Crippen LogP contribution >= 0.6 is 11.8 Å². The number of aromatic hydroxyl groups is 1. The smallest absolute Gasteiger partial charge is 0.336 e. The number of unbranched alkanes of at least 4 members (excludes halogenated alkanes) is 1. The van der Waals surface area contributed by atoms with Gasteiger partial charge in [0.05, 0.1) is 18.5 Å². The molecular formula is C23H28N4O6S. The SMILES string of the molecule is O=C(CCCCC1SCC2NC(=O)NC21)NCCNC(=O)Cc1cc(=O)oc2cc(O)ccc12. The molecule has 0 aliphatic carbocycles. The largest absolute Gasteiger partial charge is 0.508 e. The second-order valence-corrected chi connectivity index (χ2v) is 9.79. The minimum atomic E-state index is -0.593. The van der Waals surface area contributed by atoms with Crippen molar-refractivity contribution in [1.29, 1.82) is 0 Å². The molecule has 3 unspecified atom stereocenters. The number of hydrogen-bond acceptors (Lipinski definition) is 7. The Labute approximate surface area is 200 Å². The Hall–Kier alpha value is -3.21. The Morgan fingerprint density at radius 3 is 2.71 bits per heavy atom. The van der Waals surface area contributed by atoms with Gasteiger partial charge in [-0.1, -0.05) is 6.42 Å². The number of urea groups is 1. The number of nitrogens with one attached hydrogen (secondary N) is 4. The van der Waals surface area contributed by atoms with Crippen LogP contribution in [0.1, 0.15) is 31.2 Å². The van der Waals surface area contributed by atoms with Crippen LogP contribution in [0.25, 0.3) is 11.0 Å². The molecule has 4 rings (SSSR count). The summed E-state index contributed by atoms with van der Waals surface area (Å²) in [4.78, 5) is 47.5. The monoisotopic (exact) mass is 488 g/mol. The lowest BCUT2D eigenvalue weighted by Gasteiger charge is -2.16. The van der Waals surface area contributed by atoms with E-state index in [0.29, 0.717) is 29.2 Å². The molecule has 2 aliphatic heterocycles. The highest BCUT2D eigenvalue weighted by Crippen LogP contribution is 2.33. The van der Waals surface area contributed by atoms with Crippen LogP contribution in [0.3, 0.4) is 0 Å². The first-order valence-electron chi connectivity index (χ1n) is 11.4. The lowest BCUT2D eigenvalue weighted by atomic mass is 10.0. The molecule has 5 N–H and O–H groups in total. The van der Waals surface area contributed by atoms with Crippen molar-refractivity contribution < 1.29 is 23.9 Å². The molecule has 0 saturated carbocycles. The average Bonchev–Trinajstić information content (AvgIpc) is 3.33. The fourth-order valence-corrected chi connectivity index (χ4v) is 5.91. The molecule has 4 amide bonds. The minimum Gasteiger partial charge on any atom is -0.508 e. The summed E-state index contributed by atoms with van der Waals surface area (Å²) in [6.07, 6.45) is 3.05. The highest BCUT2D eigenvalue weighted by Gasteiger charge is 2.42. The second-order valence-electron chi connectivity index (χ2n) is 8.52. The van der Waals surface area contributed by atoms with E-state index in [2.05, 4.69) is 21.3 Å². The van der Waals surface area contributed by atoms with Crippen LogP contribution in [0.2, 0.25) is 0 Å². The number of fused-ring (bicyclic) bond motifs is 2. The maximum atomic E-state index is 12.3. The molecule has 10 nitrogen and oxygen atoms in total. The third-order valence-electron chi connectivity index (χ3n) is 6.01. The number of amides is 4. The lowest BCUT2D eigenvalue weighted by molar-refractivity contribution is -0.122. The Balaban J connectivity index is 1.11. The van der Waals surface area contributed by atoms with Gasteiger partial charge < -0.3 is 30.8 Å². The van der Waals surface area contributed by atoms with Crippen molar-refractivity contribution in [2.24, 2.45) is 0 Å². The number of rotatable bonds is 10. The Bertz CT molecular complexity index is 1140. The van der Waals surface area contributed by atoms with E-state index < -0.39 is 5.63 Å². The van der Waals surface area contributed by atoms with Gasteiger partial charge in [0.15, 0.2) is 0 Å². The van der Waals surface area contributed by atoms with E-state index in [1.165, 1.54) is 18.2 Å². The minimum absolute atomic E-state index is 0.0160. The molecular weight excluding hydrogens is 460 g/mol. The molecule has 1 aromatic carbocycles. The van der Waals surface area contributed by atoms with Gasteiger partial charge in [-0.05, 0) is 30.5 Å². The summed E-state index contributed by atoms with van der Waals surface area (Å²) in [6, 6.07) is 5.98. The van der Waals surface area contributed by atoms with Crippen molar-refractivity contribution in [3.8, 4) is 5.75 Å². The van der Waals surface area contributed by atoms with Gasteiger partial charge in [0.1, 0.15) is 11.3 Å². The number of carbonyl (C=O) groups is 3. The number of thioether (sulfide) groups is 1. The highest BCUT2D eigenvalue weighted by molar-refractivity contribution is 8.00. The van der Waals surface area contributed by atoms with E-state index in [9.17, 15) is 24.3 Å². The van der Waals surface area contributed by atoms with Crippen molar-refractivity contribution in [3.05, 3.63) is 40.2 Å². The number of carbonyl (C=O) groups excluding carboxylic acids is 3. The number of benzene rings is 1. The fourth-order valence-electron chi connectivity index (χ4n) is 4.37. The Morgan fingerprint density at radius 2 is 1.88 bits per heavy atom. The average molecular weight is 489 g/mol. The van der Waals surface area contributed by atoms with Crippen molar-refractivity contribution in [2.75, 3.05) is 18.8 Å². The highest BCUT2D eigenvalue weighted by atomic mass is 32.2. The van der Waals surface area contributed by atoms with Gasteiger partial charge in [0.25, 0.3) is 0 Å². The van der Waals surface area contributed by atoms with Crippen molar-refractivity contribution in [2.45, 2.75) is 49.4 Å². The Morgan fingerprint density at radius 1 is 1.09 bits per heavy atom. The van der Waals surface area contributed by atoms with Crippen LogP contribution in [0.5, 0.6) is 5.75 Å². The summed E-state index contributed by atoms with van der Waals surface area (Å²) in [5.41, 5.74) is 0.134. The zero-order valence-corrected chi connectivity index (χ0v) is 19.4. The third kappa shape index (κ3) is 6.02. The molecule has 2 aromatic rings. The van der Waals surface area contributed by atoms with Gasteiger partial charge in [-0.25, -0.2) is 9.59 Å².